The molecule has 0 aromatic carbocycles. The molecule has 2 atom stereocenters. The third-order valence-electron chi connectivity index (χ3n) is 3.16. The molecule has 1 aromatic heterocycles. The van der Waals surface area contributed by atoms with Gasteiger partial charge >= 0.3 is 0 Å². The highest BCUT2D eigenvalue weighted by Crippen LogP contribution is 2.09. The first-order valence-electron chi connectivity index (χ1n) is 6.33. The lowest BCUT2D eigenvalue weighted by Gasteiger charge is -2.20. The van der Waals surface area contributed by atoms with E-state index in [0.29, 0.717) is 18.5 Å². The van der Waals surface area contributed by atoms with E-state index in [-0.39, 0.29) is 17.9 Å². The Labute approximate surface area is 108 Å². The van der Waals surface area contributed by atoms with E-state index in [9.17, 15) is 4.79 Å². The van der Waals surface area contributed by atoms with Crippen molar-refractivity contribution in [2.75, 3.05) is 6.54 Å². The van der Waals surface area contributed by atoms with Crippen LogP contribution in [-0.4, -0.2) is 28.7 Å². The highest BCUT2D eigenvalue weighted by molar-refractivity contribution is 5.95. The van der Waals surface area contributed by atoms with Crippen LogP contribution < -0.4 is 11.1 Å². The molecule has 18 heavy (non-hydrogen) atoms. The molecule has 0 spiro atoms. The predicted octanol–water partition coefficient (Wildman–Crippen LogP) is 1.06. The second-order valence-corrected chi connectivity index (χ2v) is 4.67. The summed E-state index contributed by atoms with van der Waals surface area (Å²) in [6.45, 7) is 8.32. The molecular formula is C13H22N4O. The first-order chi connectivity index (χ1) is 8.49. The van der Waals surface area contributed by atoms with Gasteiger partial charge in [-0.25, -0.2) is 0 Å². The monoisotopic (exact) mass is 250 g/mol. The van der Waals surface area contributed by atoms with E-state index < -0.39 is 0 Å². The zero-order valence-electron chi connectivity index (χ0n) is 11.5. The summed E-state index contributed by atoms with van der Waals surface area (Å²) >= 11 is 0. The Morgan fingerprint density at radius 2 is 2.11 bits per heavy atom. The van der Waals surface area contributed by atoms with Crippen molar-refractivity contribution in [3.63, 3.8) is 0 Å². The molecule has 0 fully saturated rings. The van der Waals surface area contributed by atoms with Crippen LogP contribution in [-0.2, 0) is 6.42 Å². The van der Waals surface area contributed by atoms with Crippen LogP contribution in [0.15, 0.2) is 6.07 Å². The van der Waals surface area contributed by atoms with Crippen LogP contribution in [0.4, 0.5) is 0 Å². The molecule has 1 amide bonds. The molecule has 100 valence electrons. The van der Waals surface area contributed by atoms with Gasteiger partial charge in [0.2, 0.25) is 0 Å². The van der Waals surface area contributed by atoms with Gasteiger partial charge in [0.1, 0.15) is 0 Å². The van der Waals surface area contributed by atoms with Crippen molar-refractivity contribution in [1.29, 1.82) is 0 Å². The summed E-state index contributed by atoms with van der Waals surface area (Å²) in [5.74, 6) is 0.146. The fourth-order valence-electron chi connectivity index (χ4n) is 1.60. The zero-order valence-corrected chi connectivity index (χ0v) is 11.5. The topological polar surface area (TPSA) is 80.9 Å². The number of nitrogens with two attached hydrogens (primary N) is 1. The smallest absolute Gasteiger partial charge is 0.253 e. The van der Waals surface area contributed by atoms with Crippen molar-refractivity contribution < 1.29 is 4.79 Å². The molecule has 0 aliphatic heterocycles. The van der Waals surface area contributed by atoms with Crippen molar-refractivity contribution in [1.82, 2.24) is 15.5 Å². The molecular weight excluding hydrogens is 228 g/mol. The van der Waals surface area contributed by atoms with Crippen LogP contribution in [0.1, 0.15) is 42.5 Å². The van der Waals surface area contributed by atoms with E-state index in [4.69, 9.17) is 5.73 Å². The number of nitrogens with one attached hydrogen (secondary N) is 1. The van der Waals surface area contributed by atoms with Crippen LogP contribution in [0.3, 0.4) is 0 Å². The lowest BCUT2D eigenvalue weighted by Crippen LogP contribution is -2.40. The van der Waals surface area contributed by atoms with Crippen molar-refractivity contribution in [3.05, 3.63) is 23.0 Å². The first-order valence-corrected chi connectivity index (χ1v) is 6.33. The number of carbonyl (C=O) groups excluding carboxylic acids is 1. The fourth-order valence-corrected chi connectivity index (χ4v) is 1.60. The number of aryl methyl sites for hydroxylation is 2. The lowest BCUT2D eigenvalue weighted by atomic mass is 10.0. The van der Waals surface area contributed by atoms with Crippen molar-refractivity contribution >= 4 is 5.91 Å². The van der Waals surface area contributed by atoms with Crippen molar-refractivity contribution in [2.45, 2.75) is 40.2 Å². The second-order valence-electron chi connectivity index (χ2n) is 4.67. The highest BCUT2D eigenvalue weighted by Gasteiger charge is 2.17. The summed E-state index contributed by atoms with van der Waals surface area (Å²) in [5, 5.41) is 11.0. The van der Waals surface area contributed by atoms with Crippen molar-refractivity contribution in [2.24, 2.45) is 11.7 Å². The van der Waals surface area contributed by atoms with E-state index in [1.54, 1.807) is 6.07 Å². The van der Waals surface area contributed by atoms with Crippen LogP contribution in [0, 0.1) is 12.8 Å². The lowest BCUT2D eigenvalue weighted by molar-refractivity contribution is 0.0928. The summed E-state index contributed by atoms with van der Waals surface area (Å²) in [6.07, 6.45) is 0.691. The standard InChI is InChI=1S/C13H22N4O/c1-5-12-11(6-9(3)16-17-12)13(18)15-10(4)8(2)7-14/h6,8,10H,5,7,14H2,1-4H3,(H,15,18). The van der Waals surface area contributed by atoms with Gasteiger partial charge in [-0.1, -0.05) is 13.8 Å². The summed E-state index contributed by atoms with van der Waals surface area (Å²) in [6, 6.07) is 1.82. The maximum absolute atomic E-state index is 12.2. The molecule has 0 aliphatic rings. The minimum absolute atomic E-state index is 0.0423. The molecule has 2 unspecified atom stereocenters. The maximum atomic E-state index is 12.2. The van der Waals surface area contributed by atoms with Gasteiger partial charge in [0.25, 0.3) is 5.91 Å². The number of rotatable bonds is 5. The van der Waals surface area contributed by atoms with Gasteiger partial charge in [-0.2, -0.15) is 10.2 Å². The molecule has 0 saturated carbocycles. The number of hydrogen-bond acceptors (Lipinski definition) is 4. The summed E-state index contributed by atoms with van der Waals surface area (Å²) in [4.78, 5) is 12.2. The first kappa shape index (κ1) is 14.6. The molecule has 0 saturated heterocycles. The molecule has 0 aliphatic carbocycles. The molecule has 5 nitrogen and oxygen atoms in total. The summed E-state index contributed by atoms with van der Waals surface area (Å²) in [5.41, 5.74) is 7.68. The largest absolute Gasteiger partial charge is 0.349 e. The maximum Gasteiger partial charge on any atom is 0.253 e. The van der Waals surface area contributed by atoms with Crippen LogP contribution >= 0.6 is 0 Å². The predicted molar refractivity (Wildman–Crippen MR) is 71.3 cm³/mol. The molecule has 1 rings (SSSR count). The van der Waals surface area contributed by atoms with E-state index in [2.05, 4.69) is 15.5 Å². The summed E-state index contributed by atoms with van der Waals surface area (Å²) < 4.78 is 0. The Kier molecular flexibility index (Phi) is 5.22. The SMILES string of the molecule is CCc1nnc(C)cc1C(=O)NC(C)C(C)CN. The number of hydrogen-bond donors (Lipinski definition) is 2. The zero-order chi connectivity index (χ0) is 13.7. The molecule has 1 heterocycles. The van der Waals surface area contributed by atoms with Gasteiger partial charge in [0.05, 0.1) is 17.0 Å². The minimum atomic E-state index is -0.0994. The number of amides is 1. The Hall–Kier alpha value is -1.49. The molecule has 3 N–H and O–H groups in total. The van der Waals surface area contributed by atoms with Gasteiger partial charge in [0, 0.05) is 6.04 Å². The van der Waals surface area contributed by atoms with Gasteiger partial charge in [-0.15, -0.1) is 0 Å². The Bertz CT molecular complexity index is 419. The van der Waals surface area contributed by atoms with Gasteiger partial charge in [0.15, 0.2) is 0 Å². The Balaban J connectivity index is 2.87. The molecule has 0 bridgehead atoms. The Morgan fingerprint density at radius 3 is 2.67 bits per heavy atom. The highest BCUT2D eigenvalue weighted by atomic mass is 16.1. The number of carbonyl (C=O) groups is 1. The minimum Gasteiger partial charge on any atom is -0.349 e. The third-order valence-corrected chi connectivity index (χ3v) is 3.16. The van der Waals surface area contributed by atoms with E-state index in [1.807, 2.05) is 27.7 Å². The molecule has 1 aromatic rings. The van der Waals surface area contributed by atoms with Gasteiger partial charge in [-0.3, -0.25) is 4.79 Å². The normalized spacial score (nSPS) is 14.1. The molecule has 0 radical (unpaired) electrons. The van der Waals surface area contributed by atoms with E-state index in [0.717, 1.165) is 11.4 Å². The van der Waals surface area contributed by atoms with Gasteiger partial charge < -0.3 is 11.1 Å². The van der Waals surface area contributed by atoms with Crippen LogP contribution in [0.25, 0.3) is 0 Å². The second kappa shape index (κ2) is 6.44. The summed E-state index contributed by atoms with van der Waals surface area (Å²) in [7, 11) is 0. The average molecular weight is 250 g/mol. The average Bonchev–Trinajstić information content (AvgIpc) is 2.37. The Morgan fingerprint density at radius 1 is 1.44 bits per heavy atom. The third kappa shape index (κ3) is 3.50. The molecule has 5 heteroatoms. The van der Waals surface area contributed by atoms with E-state index in [1.165, 1.54) is 0 Å². The van der Waals surface area contributed by atoms with Crippen LogP contribution in [0.5, 0.6) is 0 Å². The fraction of sp³-hybridized carbons (Fsp3) is 0.615. The van der Waals surface area contributed by atoms with E-state index >= 15 is 0 Å². The van der Waals surface area contributed by atoms with Gasteiger partial charge in [-0.05, 0) is 38.8 Å². The number of aromatic nitrogens is 2. The quantitative estimate of drug-likeness (QED) is 0.818. The van der Waals surface area contributed by atoms with Crippen molar-refractivity contribution in [3.8, 4) is 0 Å². The number of nitrogens with zero attached hydrogens (tertiary/aromatic N) is 2. The van der Waals surface area contributed by atoms with Crippen LogP contribution in [0.2, 0.25) is 0 Å².